The topological polar surface area (TPSA) is 69.8 Å². The van der Waals surface area contributed by atoms with Crippen LogP contribution in [0.2, 0.25) is 5.02 Å². The van der Waals surface area contributed by atoms with Gasteiger partial charge in [-0.15, -0.1) is 12.4 Å². The highest BCUT2D eigenvalue weighted by molar-refractivity contribution is 6.33. The zero-order valence-corrected chi connectivity index (χ0v) is 14.1. The number of aromatic amines is 1. The van der Waals surface area contributed by atoms with Gasteiger partial charge in [0.15, 0.2) is 0 Å². The van der Waals surface area contributed by atoms with Crippen LogP contribution >= 0.6 is 24.0 Å². The molecule has 0 radical (unpaired) electrons. The van der Waals surface area contributed by atoms with Crippen molar-refractivity contribution in [2.75, 3.05) is 13.1 Å². The highest BCUT2D eigenvalue weighted by Crippen LogP contribution is 2.28. The van der Waals surface area contributed by atoms with Crippen LogP contribution in [0.5, 0.6) is 0 Å². The van der Waals surface area contributed by atoms with Gasteiger partial charge in [0.1, 0.15) is 0 Å². The molecule has 0 spiro atoms. The number of halogens is 2. The van der Waals surface area contributed by atoms with E-state index in [1.165, 1.54) is 6.20 Å². The molecule has 1 aromatic heterocycles. The number of nitrogens with zero attached hydrogens (tertiary/aromatic N) is 1. The van der Waals surface area contributed by atoms with E-state index in [0.29, 0.717) is 22.8 Å². The second kappa shape index (κ2) is 8.78. The zero-order chi connectivity index (χ0) is 15.2. The molecular weight excluding hydrogens is 323 g/mol. The van der Waals surface area contributed by atoms with E-state index < -0.39 is 0 Å². The summed E-state index contributed by atoms with van der Waals surface area (Å²) in [7, 11) is 0. The molecule has 2 aromatic rings. The Balaban J connectivity index is 0.00000242. The van der Waals surface area contributed by atoms with Crippen molar-refractivity contribution in [2.45, 2.75) is 19.9 Å². The molecule has 2 rings (SSSR count). The second-order valence-electron chi connectivity index (χ2n) is 4.81. The quantitative estimate of drug-likeness (QED) is 0.755. The first kappa shape index (κ1) is 18.5. The minimum Gasteiger partial charge on any atom is -0.350 e. The van der Waals surface area contributed by atoms with Crippen molar-refractivity contribution in [2.24, 2.45) is 0 Å². The number of rotatable bonds is 6. The van der Waals surface area contributed by atoms with Gasteiger partial charge in [-0.25, -0.2) is 0 Å². The number of carbonyl (C=O) groups excluding carboxylic acids is 1. The van der Waals surface area contributed by atoms with E-state index in [4.69, 9.17) is 11.6 Å². The number of likely N-dealkylation sites (N-methyl/N-ethyl adjacent to an activating group) is 1. The number of benzene rings is 1. The van der Waals surface area contributed by atoms with Crippen molar-refractivity contribution in [1.82, 2.24) is 20.8 Å². The third-order valence-electron chi connectivity index (χ3n) is 3.15. The average molecular weight is 343 g/mol. The molecule has 3 N–H and O–H groups in total. The maximum absolute atomic E-state index is 12.3. The predicted molar refractivity (Wildman–Crippen MR) is 91.8 cm³/mol. The third-order valence-corrected chi connectivity index (χ3v) is 3.48. The normalized spacial score (nSPS) is 11.6. The molecule has 0 aliphatic heterocycles. The van der Waals surface area contributed by atoms with Crippen molar-refractivity contribution < 1.29 is 4.79 Å². The van der Waals surface area contributed by atoms with E-state index in [1.807, 2.05) is 32.0 Å². The molecule has 1 aromatic carbocycles. The SMILES string of the molecule is CCN[C@H](C)CNC(=O)c1cn[nH]c1-c1ccccc1Cl.Cl. The molecule has 0 saturated heterocycles. The lowest BCUT2D eigenvalue weighted by atomic mass is 10.1. The molecule has 1 heterocycles. The number of nitrogens with one attached hydrogen (secondary N) is 3. The molecule has 5 nitrogen and oxygen atoms in total. The Morgan fingerprint density at radius 3 is 2.82 bits per heavy atom. The Kier molecular flexibility index (Phi) is 7.38. The van der Waals surface area contributed by atoms with Crippen LogP contribution in [0.15, 0.2) is 30.5 Å². The van der Waals surface area contributed by atoms with Gasteiger partial charge in [0, 0.05) is 23.2 Å². The summed E-state index contributed by atoms with van der Waals surface area (Å²) in [6, 6.07) is 7.58. The fourth-order valence-electron chi connectivity index (χ4n) is 2.09. The Morgan fingerprint density at radius 2 is 2.14 bits per heavy atom. The smallest absolute Gasteiger partial charge is 0.255 e. The highest BCUT2D eigenvalue weighted by atomic mass is 35.5. The number of carbonyl (C=O) groups is 1. The van der Waals surface area contributed by atoms with Crippen LogP contribution in [0.25, 0.3) is 11.3 Å². The van der Waals surface area contributed by atoms with E-state index in [1.54, 1.807) is 6.07 Å². The fraction of sp³-hybridized carbons (Fsp3) is 0.333. The molecular formula is C15H20Cl2N4O. The standard InChI is InChI=1S/C15H19ClN4O.ClH/c1-3-17-10(2)8-18-15(21)12-9-19-20-14(12)11-6-4-5-7-13(11)16;/h4-7,9-10,17H,3,8H2,1-2H3,(H,18,21)(H,19,20);1H/t10-;/m1./s1. The van der Waals surface area contributed by atoms with Gasteiger partial charge in [-0.3, -0.25) is 9.89 Å². The maximum Gasteiger partial charge on any atom is 0.255 e. The van der Waals surface area contributed by atoms with E-state index in [9.17, 15) is 4.79 Å². The summed E-state index contributed by atoms with van der Waals surface area (Å²) in [6.45, 7) is 5.48. The molecule has 0 aliphatic carbocycles. The number of hydrogen-bond acceptors (Lipinski definition) is 3. The van der Waals surface area contributed by atoms with Gasteiger partial charge in [0.05, 0.1) is 17.5 Å². The third kappa shape index (κ3) is 4.47. The molecule has 120 valence electrons. The zero-order valence-electron chi connectivity index (χ0n) is 12.5. The summed E-state index contributed by atoms with van der Waals surface area (Å²) in [5.41, 5.74) is 1.89. The largest absolute Gasteiger partial charge is 0.350 e. The molecule has 7 heteroatoms. The Morgan fingerprint density at radius 1 is 1.41 bits per heavy atom. The Bertz CT molecular complexity index is 615. The Labute approximate surface area is 141 Å². The van der Waals surface area contributed by atoms with Crippen molar-refractivity contribution in [3.63, 3.8) is 0 Å². The maximum atomic E-state index is 12.3. The van der Waals surface area contributed by atoms with Crippen molar-refractivity contribution in [3.8, 4) is 11.3 Å². The molecule has 0 saturated carbocycles. The molecule has 1 atom stereocenters. The van der Waals surface area contributed by atoms with Crippen molar-refractivity contribution in [3.05, 3.63) is 41.0 Å². The summed E-state index contributed by atoms with van der Waals surface area (Å²) < 4.78 is 0. The molecule has 0 fully saturated rings. The van der Waals surface area contributed by atoms with E-state index >= 15 is 0 Å². The summed E-state index contributed by atoms with van der Waals surface area (Å²) in [5.74, 6) is -0.163. The lowest BCUT2D eigenvalue weighted by molar-refractivity contribution is 0.0951. The van der Waals surface area contributed by atoms with Gasteiger partial charge in [0.2, 0.25) is 0 Å². The lowest BCUT2D eigenvalue weighted by Gasteiger charge is -2.13. The minimum absolute atomic E-state index is 0. The van der Waals surface area contributed by atoms with Gasteiger partial charge < -0.3 is 10.6 Å². The van der Waals surface area contributed by atoms with E-state index in [-0.39, 0.29) is 24.4 Å². The van der Waals surface area contributed by atoms with Gasteiger partial charge in [-0.1, -0.05) is 36.7 Å². The molecule has 0 unspecified atom stereocenters. The van der Waals surface area contributed by atoms with Crippen molar-refractivity contribution in [1.29, 1.82) is 0 Å². The van der Waals surface area contributed by atoms with Crippen LogP contribution in [0.3, 0.4) is 0 Å². The van der Waals surface area contributed by atoms with Crippen LogP contribution in [0, 0.1) is 0 Å². The first-order chi connectivity index (χ1) is 10.1. The molecule has 1 amide bonds. The van der Waals surface area contributed by atoms with Gasteiger partial charge >= 0.3 is 0 Å². The van der Waals surface area contributed by atoms with Gasteiger partial charge in [-0.05, 0) is 19.5 Å². The summed E-state index contributed by atoms with van der Waals surface area (Å²) in [5, 5.41) is 13.5. The Hall–Kier alpha value is -1.56. The van der Waals surface area contributed by atoms with Crippen LogP contribution in [0.1, 0.15) is 24.2 Å². The summed E-state index contributed by atoms with van der Waals surface area (Å²) in [6.07, 6.45) is 1.52. The number of aromatic nitrogens is 2. The van der Waals surface area contributed by atoms with Crippen molar-refractivity contribution >= 4 is 29.9 Å². The first-order valence-corrected chi connectivity index (χ1v) is 7.31. The monoisotopic (exact) mass is 342 g/mol. The van der Waals surface area contributed by atoms with Gasteiger partial charge in [0.25, 0.3) is 5.91 Å². The number of H-pyrrole nitrogens is 1. The molecule has 22 heavy (non-hydrogen) atoms. The number of hydrogen-bond donors (Lipinski definition) is 3. The summed E-state index contributed by atoms with van der Waals surface area (Å²) in [4.78, 5) is 12.3. The summed E-state index contributed by atoms with van der Waals surface area (Å²) >= 11 is 6.17. The predicted octanol–water partition coefficient (Wildman–Crippen LogP) is 2.88. The highest BCUT2D eigenvalue weighted by Gasteiger charge is 2.17. The van der Waals surface area contributed by atoms with Crippen LogP contribution in [0.4, 0.5) is 0 Å². The average Bonchev–Trinajstić information content (AvgIpc) is 2.95. The fourth-order valence-corrected chi connectivity index (χ4v) is 2.32. The van der Waals surface area contributed by atoms with Crippen LogP contribution < -0.4 is 10.6 Å². The van der Waals surface area contributed by atoms with E-state index in [2.05, 4.69) is 20.8 Å². The van der Waals surface area contributed by atoms with E-state index in [0.717, 1.165) is 12.1 Å². The minimum atomic E-state index is -0.163. The number of amides is 1. The first-order valence-electron chi connectivity index (χ1n) is 6.93. The lowest BCUT2D eigenvalue weighted by Crippen LogP contribution is -2.38. The van der Waals surface area contributed by atoms with Crippen LogP contribution in [-0.2, 0) is 0 Å². The van der Waals surface area contributed by atoms with Gasteiger partial charge in [-0.2, -0.15) is 5.10 Å². The second-order valence-corrected chi connectivity index (χ2v) is 5.21. The molecule has 0 bridgehead atoms. The van der Waals surface area contributed by atoms with Crippen LogP contribution in [-0.4, -0.2) is 35.2 Å². The molecule has 0 aliphatic rings.